The molecule has 0 radical (unpaired) electrons. The Morgan fingerprint density at radius 3 is 2.67 bits per heavy atom. The monoisotopic (exact) mass is 410 g/mol. The Hall–Kier alpha value is -1.28. The summed E-state index contributed by atoms with van der Waals surface area (Å²) < 4.78 is 14.3. The number of hydrogen-bond donors (Lipinski definition) is 0. The van der Waals surface area contributed by atoms with Crippen LogP contribution in [0.15, 0.2) is 21.8 Å². The van der Waals surface area contributed by atoms with Crippen LogP contribution in [-0.2, 0) is 5.75 Å². The van der Waals surface area contributed by atoms with Crippen molar-refractivity contribution in [3.63, 3.8) is 0 Å². The lowest BCUT2D eigenvalue weighted by Crippen LogP contribution is -2.16. The van der Waals surface area contributed by atoms with E-state index in [1.807, 2.05) is 16.8 Å². The Morgan fingerprint density at radius 2 is 1.88 bits per heavy atom. The van der Waals surface area contributed by atoms with Crippen molar-refractivity contribution in [3.8, 4) is 11.5 Å². The molecule has 128 valence electrons. The zero-order chi connectivity index (χ0) is 16.4. The molecule has 2 heterocycles. The van der Waals surface area contributed by atoms with Crippen LogP contribution >= 0.6 is 27.7 Å². The van der Waals surface area contributed by atoms with Gasteiger partial charge in [-0.2, -0.15) is 0 Å². The average molecular weight is 411 g/mol. The number of aromatic nitrogens is 4. The van der Waals surface area contributed by atoms with E-state index in [0.717, 1.165) is 32.4 Å². The van der Waals surface area contributed by atoms with Crippen LogP contribution in [0.1, 0.15) is 43.7 Å². The molecule has 2 aromatic rings. The minimum atomic E-state index is 0.444. The summed E-state index contributed by atoms with van der Waals surface area (Å²) in [5, 5.41) is 13.2. The first kappa shape index (κ1) is 16.2. The maximum Gasteiger partial charge on any atom is 0.209 e. The summed E-state index contributed by atoms with van der Waals surface area (Å²) >= 11 is 5.29. The van der Waals surface area contributed by atoms with Crippen molar-refractivity contribution in [1.82, 2.24) is 20.2 Å². The van der Waals surface area contributed by atoms with E-state index in [-0.39, 0.29) is 0 Å². The molecule has 6 nitrogen and oxygen atoms in total. The fourth-order valence-corrected chi connectivity index (χ4v) is 4.78. The van der Waals surface area contributed by atoms with Gasteiger partial charge in [0.1, 0.15) is 13.2 Å². The second kappa shape index (κ2) is 7.31. The van der Waals surface area contributed by atoms with Crippen LogP contribution in [0.2, 0.25) is 0 Å². The van der Waals surface area contributed by atoms with Crippen LogP contribution in [0, 0.1) is 0 Å². The lowest BCUT2D eigenvalue weighted by Gasteiger charge is -2.22. The molecule has 0 unspecified atom stereocenters. The molecule has 0 atom stereocenters. The molecule has 1 fully saturated rings. The van der Waals surface area contributed by atoms with Crippen LogP contribution in [-0.4, -0.2) is 33.4 Å². The molecule has 0 N–H and O–H groups in total. The highest BCUT2D eigenvalue weighted by atomic mass is 79.9. The fraction of sp³-hybridized carbons (Fsp3) is 0.562. The van der Waals surface area contributed by atoms with Crippen molar-refractivity contribution < 1.29 is 9.47 Å². The van der Waals surface area contributed by atoms with Crippen LogP contribution in [0.5, 0.6) is 11.5 Å². The summed E-state index contributed by atoms with van der Waals surface area (Å²) in [7, 11) is 0. The van der Waals surface area contributed by atoms with Crippen molar-refractivity contribution in [3.05, 3.63) is 22.2 Å². The van der Waals surface area contributed by atoms with Gasteiger partial charge < -0.3 is 9.47 Å². The first-order valence-corrected chi connectivity index (χ1v) is 10.1. The summed E-state index contributed by atoms with van der Waals surface area (Å²) in [6.07, 6.45) is 6.20. The Morgan fingerprint density at radius 1 is 1.12 bits per heavy atom. The smallest absolute Gasteiger partial charge is 0.209 e. The molecule has 0 amide bonds. The van der Waals surface area contributed by atoms with Crippen LogP contribution in [0.3, 0.4) is 0 Å². The van der Waals surface area contributed by atoms with Gasteiger partial charge in [-0.05, 0) is 41.0 Å². The predicted molar refractivity (Wildman–Crippen MR) is 94.6 cm³/mol. The number of nitrogens with zero attached hydrogens (tertiary/aromatic N) is 4. The Labute approximate surface area is 153 Å². The number of halogens is 1. The highest BCUT2D eigenvalue weighted by Gasteiger charge is 2.21. The Kier molecular flexibility index (Phi) is 4.93. The zero-order valence-corrected chi connectivity index (χ0v) is 15.7. The quantitative estimate of drug-likeness (QED) is 0.709. The van der Waals surface area contributed by atoms with Gasteiger partial charge in [0.2, 0.25) is 5.16 Å². The SMILES string of the molecule is Brc1cc2c(cc1CSc1nnnn1C1CCCCC1)OCCO2. The van der Waals surface area contributed by atoms with Gasteiger partial charge in [0.15, 0.2) is 11.5 Å². The molecular formula is C16H19BrN4O2S. The van der Waals surface area contributed by atoms with Gasteiger partial charge in [-0.25, -0.2) is 4.68 Å². The third-order valence-corrected chi connectivity index (χ3v) is 6.17. The molecule has 0 bridgehead atoms. The maximum absolute atomic E-state index is 5.67. The fourth-order valence-electron chi connectivity index (χ4n) is 3.19. The van der Waals surface area contributed by atoms with Gasteiger partial charge >= 0.3 is 0 Å². The van der Waals surface area contributed by atoms with E-state index in [1.165, 1.54) is 32.1 Å². The molecule has 1 aliphatic carbocycles. The van der Waals surface area contributed by atoms with E-state index in [9.17, 15) is 0 Å². The van der Waals surface area contributed by atoms with Crippen molar-refractivity contribution in [2.75, 3.05) is 13.2 Å². The highest BCUT2D eigenvalue weighted by Crippen LogP contribution is 2.38. The lowest BCUT2D eigenvalue weighted by atomic mass is 9.96. The highest BCUT2D eigenvalue weighted by molar-refractivity contribution is 9.10. The molecule has 4 rings (SSSR count). The number of rotatable bonds is 4. The molecule has 0 saturated heterocycles. The number of ether oxygens (including phenoxy) is 2. The molecule has 24 heavy (non-hydrogen) atoms. The second-order valence-electron chi connectivity index (χ2n) is 6.07. The van der Waals surface area contributed by atoms with E-state index < -0.39 is 0 Å². The number of benzene rings is 1. The normalized spacial score (nSPS) is 17.9. The number of thioether (sulfide) groups is 1. The number of fused-ring (bicyclic) bond motifs is 1. The van der Waals surface area contributed by atoms with E-state index in [1.54, 1.807) is 11.8 Å². The van der Waals surface area contributed by atoms with Crippen LogP contribution in [0.25, 0.3) is 0 Å². The summed E-state index contributed by atoms with van der Waals surface area (Å²) in [5.41, 5.74) is 1.16. The summed E-state index contributed by atoms with van der Waals surface area (Å²) in [5.74, 6) is 2.39. The Bertz CT molecular complexity index is 718. The van der Waals surface area contributed by atoms with Crippen LogP contribution in [0.4, 0.5) is 0 Å². The van der Waals surface area contributed by atoms with E-state index in [2.05, 4.69) is 31.5 Å². The summed E-state index contributed by atoms with van der Waals surface area (Å²) in [6.45, 7) is 1.20. The van der Waals surface area contributed by atoms with Crippen molar-refractivity contribution in [1.29, 1.82) is 0 Å². The average Bonchev–Trinajstić information content (AvgIpc) is 3.09. The zero-order valence-electron chi connectivity index (χ0n) is 13.3. The molecular weight excluding hydrogens is 392 g/mol. The van der Waals surface area contributed by atoms with Crippen LogP contribution < -0.4 is 9.47 Å². The van der Waals surface area contributed by atoms with Gasteiger partial charge in [0, 0.05) is 10.2 Å². The largest absolute Gasteiger partial charge is 0.486 e. The molecule has 2 aliphatic rings. The standard InChI is InChI=1S/C16H19BrN4O2S/c17-13-9-15-14(22-6-7-23-15)8-11(13)10-24-16-18-19-20-21(16)12-4-2-1-3-5-12/h8-9,12H,1-7,10H2. The van der Waals surface area contributed by atoms with E-state index in [0.29, 0.717) is 19.3 Å². The number of hydrogen-bond acceptors (Lipinski definition) is 6. The molecule has 1 aliphatic heterocycles. The summed E-state index contributed by atoms with van der Waals surface area (Å²) in [4.78, 5) is 0. The van der Waals surface area contributed by atoms with Gasteiger partial charge in [-0.1, -0.05) is 47.0 Å². The molecule has 8 heteroatoms. The second-order valence-corrected chi connectivity index (χ2v) is 7.87. The first-order chi connectivity index (χ1) is 11.8. The lowest BCUT2D eigenvalue weighted by molar-refractivity contribution is 0.171. The molecule has 0 spiro atoms. The molecule has 1 aromatic carbocycles. The topological polar surface area (TPSA) is 62.1 Å². The van der Waals surface area contributed by atoms with Crippen molar-refractivity contribution in [2.24, 2.45) is 0 Å². The van der Waals surface area contributed by atoms with Crippen molar-refractivity contribution >= 4 is 27.7 Å². The summed E-state index contributed by atoms with van der Waals surface area (Å²) in [6, 6.07) is 4.47. The van der Waals surface area contributed by atoms with Crippen molar-refractivity contribution in [2.45, 2.75) is 49.1 Å². The van der Waals surface area contributed by atoms with E-state index >= 15 is 0 Å². The molecule has 1 aromatic heterocycles. The van der Waals surface area contributed by atoms with E-state index in [4.69, 9.17) is 9.47 Å². The van der Waals surface area contributed by atoms with Gasteiger partial charge in [-0.15, -0.1) is 5.10 Å². The van der Waals surface area contributed by atoms with Gasteiger partial charge in [0.25, 0.3) is 0 Å². The third kappa shape index (κ3) is 3.39. The first-order valence-electron chi connectivity index (χ1n) is 8.30. The third-order valence-electron chi connectivity index (χ3n) is 4.45. The minimum Gasteiger partial charge on any atom is -0.486 e. The predicted octanol–water partition coefficient (Wildman–Crippen LogP) is 4.00. The molecule has 1 saturated carbocycles. The van der Waals surface area contributed by atoms with Gasteiger partial charge in [0.05, 0.1) is 6.04 Å². The Balaban J connectivity index is 1.48. The van der Waals surface area contributed by atoms with Gasteiger partial charge in [-0.3, -0.25) is 0 Å². The maximum atomic E-state index is 5.67. The minimum absolute atomic E-state index is 0.444. The number of tetrazole rings is 1.